The van der Waals surface area contributed by atoms with Gasteiger partial charge >= 0.3 is 0 Å². The minimum atomic E-state index is 0.578. The van der Waals surface area contributed by atoms with Crippen molar-refractivity contribution in [2.24, 2.45) is 0 Å². The molecule has 0 aliphatic heterocycles. The van der Waals surface area contributed by atoms with Gasteiger partial charge in [-0.1, -0.05) is 45.6 Å². The molecule has 1 aromatic rings. The van der Waals surface area contributed by atoms with Gasteiger partial charge in [-0.3, -0.25) is 0 Å². The van der Waals surface area contributed by atoms with Gasteiger partial charge in [-0.2, -0.15) is 0 Å². The third kappa shape index (κ3) is 1.89. The van der Waals surface area contributed by atoms with E-state index in [1.54, 1.807) is 0 Å². The summed E-state index contributed by atoms with van der Waals surface area (Å²) in [4.78, 5) is 0. The lowest BCUT2D eigenvalue weighted by atomic mass is 9.89. The molecule has 76 valence electrons. The molecular weight excluding hydrogens is 168 g/mol. The molecule has 0 amide bonds. The molecule has 0 spiro atoms. The zero-order chi connectivity index (χ0) is 10.7. The Labute approximate surface area is 87.7 Å². The lowest BCUT2D eigenvalue weighted by Crippen LogP contribution is -1.99. The normalized spacial score (nSPS) is 10.6. The van der Waals surface area contributed by atoms with Crippen molar-refractivity contribution in [3.63, 3.8) is 0 Å². The lowest BCUT2D eigenvalue weighted by Gasteiger charge is -2.15. The summed E-state index contributed by atoms with van der Waals surface area (Å²) < 4.78 is 0. The molecular formula is C14H20. The van der Waals surface area contributed by atoms with Gasteiger partial charge in [-0.05, 0) is 41.5 Å². The van der Waals surface area contributed by atoms with Gasteiger partial charge in [0.25, 0.3) is 0 Å². The fourth-order valence-electron chi connectivity index (χ4n) is 2.01. The Morgan fingerprint density at radius 2 is 2.00 bits per heavy atom. The van der Waals surface area contributed by atoms with Crippen LogP contribution in [0.1, 0.15) is 48.9 Å². The van der Waals surface area contributed by atoms with E-state index in [0.717, 1.165) is 6.42 Å². The first kappa shape index (κ1) is 11.0. The Morgan fingerprint density at radius 3 is 2.43 bits per heavy atom. The first-order valence-electron chi connectivity index (χ1n) is 5.36. The Balaban J connectivity index is 3.40. The number of rotatable bonds is 3. The largest absolute Gasteiger partial charge is 0.0984 e. The van der Waals surface area contributed by atoms with E-state index in [0.29, 0.717) is 5.92 Å². The monoisotopic (exact) mass is 188 g/mol. The standard InChI is InChI=1S/C14H20/c1-6-12-11(5)8-9-14(10(3)4)13(12)7-2/h7-10H,2,6H2,1,3-5H3. The smallest absolute Gasteiger partial charge is 0.0193 e. The molecule has 0 saturated heterocycles. The second-order valence-electron chi connectivity index (χ2n) is 4.08. The Hall–Kier alpha value is -1.04. The van der Waals surface area contributed by atoms with Gasteiger partial charge in [-0.15, -0.1) is 0 Å². The van der Waals surface area contributed by atoms with Crippen molar-refractivity contribution in [2.75, 3.05) is 0 Å². The summed E-state index contributed by atoms with van der Waals surface area (Å²) in [6.45, 7) is 12.8. The van der Waals surface area contributed by atoms with E-state index in [4.69, 9.17) is 0 Å². The van der Waals surface area contributed by atoms with Crippen LogP contribution in [0.4, 0.5) is 0 Å². The zero-order valence-corrected chi connectivity index (χ0v) is 9.72. The van der Waals surface area contributed by atoms with Crippen LogP contribution < -0.4 is 0 Å². The van der Waals surface area contributed by atoms with Crippen LogP contribution in [0.5, 0.6) is 0 Å². The van der Waals surface area contributed by atoms with Gasteiger partial charge in [0, 0.05) is 0 Å². The van der Waals surface area contributed by atoms with Gasteiger partial charge in [0.05, 0.1) is 0 Å². The average Bonchev–Trinajstić information content (AvgIpc) is 2.16. The maximum atomic E-state index is 3.92. The van der Waals surface area contributed by atoms with Crippen LogP contribution in [0.25, 0.3) is 6.08 Å². The average molecular weight is 188 g/mol. The van der Waals surface area contributed by atoms with Crippen molar-refractivity contribution in [3.05, 3.63) is 41.0 Å². The van der Waals surface area contributed by atoms with Gasteiger partial charge in [0.2, 0.25) is 0 Å². The predicted molar refractivity (Wildman–Crippen MR) is 64.7 cm³/mol. The molecule has 1 aromatic carbocycles. The molecule has 1 rings (SSSR count). The van der Waals surface area contributed by atoms with E-state index < -0.39 is 0 Å². The van der Waals surface area contributed by atoms with Crippen LogP contribution in [-0.4, -0.2) is 0 Å². The summed E-state index contributed by atoms with van der Waals surface area (Å²) in [7, 11) is 0. The minimum Gasteiger partial charge on any atom is -0.0984 e. The third-order valence-electron chi connectivity index (χ3n) is 2.80. The predicted octanol–water partition coefficient (Wildman–Crippen LogP) is 4.32. The molecule has 0 atom stereocenters. The topological polar surface area (TPSA) is 0 Å². The van der Waals surface area contributed by atoms with Crippen molar-refractivity contribution in [1.82, 2.24) is 0 Å². The molecule has 0 fully saturated rings. The lowest BCUT2D eigenvalue weighted by molar-refractivity contribution is 0.857. The highest BCUT2D eigenvalue weighted by molar-refractivity contribution is 5.59. The van der Waals surface area contributed by atoms with Crippen LogP contribution >= 0.6 is 0 Å². The van der Waals surface area contributed by atoms with E-state index >= 15 is 0 Å². The second kappa shape index (κ2) is 4.45. The molecule has 0 heteroatoms. The van der Waals surface area contributed by atoms with E-state index in [2.05, 4.69) is 46.4 Å². The van der Waals surface area contributed by atoms with Crippen molar-refractivity contribution in [2.45, 2.75) is 40.0 Å². The highest BCUT2D eigenvalue weighted by Crippen LogP contribution is 2.26. The molecule has 0 aromatic heterocycles. The summed E-state index contributed by atoms with van der Waals surface area (Å²) in [5, 5.41) is 0. The van der Waals surface area contributed by atoms with Crippen molar-refractivity contribution < 1.29 is 0 Å². The van der Waals surface area contributed by atoms with Gasteiger partial charge < -0.3 is 0 Å². The Bertz CT molecular complexity index is 332. The van der Waals surface area contributed by atoms with Crippen LogP contribution in [0.2, 0.25) is 0 Å². The number of aryl methyl sites for hydroxylation is 1. The molecule has 0 unspecified atom stereocenters. The third-order valence-corrected chi connectivity index (χ3v) is 2.80. The summed E-state index contributed by atoms with van der Waals surface area (Å²) in [6, 6.07) is 4.46. The second-order valence-corrected chi connectivity index (χ2v) is 4.08. The number of hydrogen-bond donors (Lipinski definition) is 0. The Morgan fingerprint density at radius 1 is 1.36 bits per heavy atom. The fourth-order valence-corrected chi connectivity index (χ4v) is 2.01. The summed E-state index contributed by atoms with van der Waals surface area (Å²) in [5.74, 6) is 0.578. The molecule has 0 N–H and O–H groups in total. The summed E-state index contributed by atoms with van der Waals surface area (Å²) in [5.41, 5.74) is 5.60. The van der Waals surface area contributed by atoms with Crippen LogP contribution in [0.3, 0.4) is 0 Å². The number of benzene rings is 1. The van der Waals surface area contributed by atoms with Crippen molar-refractivity contribution in [3.8, 4) is 0 Å². The molecule has 0 nitrogen and oxygen atoms in total. The van der Waals surface area contributed by atoms with Crippen LogP contribution in [0, 0.1) is 6.92 Å². The first-order chi connectivity index (χ1) is 6.61. The summed E-state index contributed by atoms with van der Waals surface area (Å²) >= 11 is 0. The SMILES string of the molecule is C=Cc1c(C(C)C)ccc(C)c1CC. The van der Waals surface area contributed by atoms with Crippen molar-refractivity contribution in [1.29, 1.82) is 0 Å². The highest BCUT2D eigenvalue weighted by Gasteiger charge is 2.09. The minimum absolute atomic E-state index is 0.578. The maximum absolute atomic E-state index is 3.92. The van der Waals surface area contributed by atoms with Crippen molar-refractivity contribution >= 4 is 6.08 Å². The maximum Gasteiger partial charge on any atom is -0.0193 e. The van der Waals surface area contributed by atoms with E-state index in [9.17, 15) is 0 Å². The van der Waals surface area contributed by atoms with E-state index in [1.807, 2.05) is 6.08 Å². The van der Waals surface area contributed by atoms with Gasteiger partial charge in [0.15, 0.2) is 0 Å². The molecule has 0 bridgehead atoms. The van der Waals surface area contributed by atoms with Crippen LogP contribution in [0.15, 0.2) is 18.7 Å². The van der Waals surface area contributed by atoms with Crippen LogP contribution in [-0.2, 0) is 6.42 Å². The fraction of sp³-hybridized carbons (Fsp3) is 0.429. The molecule has 0 aliphatic rings. The number of hydrogen-bond acceptors (Lipinski definition) is 0. The molecule has 14 heavy (non-hydrogen) atoms. The molecule has 0 heterocycles. The molecule has 0 aliphatic carbocycles. The van der Waals surface area contributed by atoms with Gasteiger partial charge in [0.1, 0.15) is 0 Å². The molecule has 0 saturated carbocycles. The first-order valence-corrected chi connectivity index (χ1v) is 5.36. The molecule has 0 radical (unpaired) electrons. The van der Waals surface area contributed by atoms with Gasteiger partial charge in [-0.25, -0.2) is 0 Å². The quantitative estimate of drug-likeness (QED) is 0.662. The van der Waals surface area contributed by atoms with E-state index in [1.165, 1.54) is 22.3 Å². The highest BCUT2D eigenvalue weighted by atomic mass is 14.1. The summed E-state index contributed by atoms with van der Waals surface area (Å²) in [6.07, 6.45) is 3.09. The zero-order valence-electron chi connectivity index (χ0n) is 9.72. The Kier molecular flexibility index (Phi) is 3.51. The van der Waals surface area contributed by atoms with E-state index in [-0.39, 0.29) is 0 Å².